The standard InChI is InChI=1S/C63H113N11O13.C9H8N2O7.C8H17N2O4.C6H6NO5.C2H3N.2Cs/c1-25-26-27-40(14)53(77)52-57(81)67-51(43(17)75)62(86)68(18)33-49(76)69(19)44(28-34(2)3)56(80)66-50(39(12)13)63(87)70(20)45(29-35(4)5)55(79)64-41(15)54(78)65-42(16)58(82)71(21)46(30-36(6)7)59(83)72(22)47(31-37(8)9)60(84)73(23)48(32-38(10)11)61(85)74(52)24;12-5-1-2-6(13)10(5)17-9(16)18-11-7(14)3-4-8(11)15;1-12-8(11)10-3-5-14-7-6-13-4-2-9;1-11-6(10)12-7-4(8)2-3-5(7)9;1-2-3;;/h25-26,34-48,50-53,75,77H,27-33H2,1-24H3,(H,64,79)(H,65,78)(H,66,80)(H,67,81);1-4H2;1-7,9H2,(H,10,11);1-3H2;1H3;;/q;;2*-1;;2*+1/b26-25+;;;;;;. The van der Waals surface area contributed by atoms with Crippen molar-refractivity contribution in [1.29, 1.82) is 5.26 Å². The van der Waals surface area contributed by atoms with Crippen LogP contribution >= 0.6 is 0 Å². The third kappa shape index (κ3) is 45.4. The van der Waals surface area contributed by atoms with Crippen molar-refractivity contribution in [3.8, 4) is 6.07 Å². The molecule has 136 heavy (non-hydrogen) atoms. The fraction of sp³-hybridized carbons (Fsp3) is 0.716. The van der Waals surface area contributed by atoms with E-state index in [2.05, 4.69) is 64.8 Å². The van der Waals surface area contributed by atoms with Crippen molar-refractivity contribution < 1.29 is 277 Å². The SMILES string of the molecule is C/C=C/CC(C)C(O)C1C(=O)NC(C(C)O)C(=O)N(C)CC(=O)N(C)C(CC(C)C)C(=O)NC(C(C)C)C(=O)N(C)C(CC(C)C)C(=O)NC(C)C(=O)NC(C)C(=O)N(C)C(CC(C)C)C(=O)N(C)C(CC(C)C)C(=O)N(C)C(CC(C)C)C(=O)N1C.CC#N.O=C(ON1C(=O)CCC1=O)ON1C(=O)CCC1=O.[CH2-]OC(=O)NCCOCCOCCN.[CH2-]OC(=O)ON1C(=O)CCC1=O.[Cs+].[Cs+]. The van der Waals surface area contributed by atoms with Gasteiger partial charge >= 0.3 is 156 Å². The number of allylic oxidation sites excluding steroid dienone is 2. The number of alkyl carbamates (subject to hydrolysis) is 1. The maximum absolute atomic E-state index is 15.2. The second-order valence-electron chi connectivity index (χ2n) is 35.1. The van der Waals surface area contributed by atoms with Crippen molar-refractivity contribution in [2.24, 2.45) is 47.2 Å². The van der Waals surface area contributed by atoms with Crippen LogP contribution in [0.2, 0.25) is 0 Å². The molecule has 0 radical (unpaired) electrons. The fourth-order valence-electron chi connectivity index (χ4n) is 13.6. The van der Waals surface area contributed by atoms with E-state index in [-0.39, 0.29) is 255 Å². The smallest absolute Gasteiger partial charge is 0.624 e. The van der Waals surface area contributed by atoms with Crippen LogP contribution in [0.25, 0.3) is 0 Å². The van der Waals surface area contributed by atoms with Crippen LogP contribution in [0.1, 0.15) is 202 Å². The first-order chi connectivity index (χ1) is 62.4. The molecule has 13 unspecified atom stereocenters. The number of carbonyl (C=O) groups excluding carboxylic acids is 20. The Labute approximate surface area is 916 Å². The second-order valence-corrected chi connectivity index (χ2v) is 35.1. The summed E-state index contributed by atoms with van der Waals surface area (Å²) in [6.07, 6.45) is -2.18. The average molecular weight is 2170 g/mol. The van der Waals surface area contributed by atoms with Gasteiger partial charge in [-0.3, -0.25) is 96.0 Å². The molecule has 760 valence electrons. The zero-order valence-electron chi connectivity index (χ0n) is 84.4. The summed E-state index contributed by atoms with van der Waals surface area (Å²) in [5.41, 5.74) is 5.21. The molecule has 4 aliphatic heterocycles. The van der Waals surface area contributed by atoms with E-state index in [4.69, 9.17) is 20.5 Å². The summed E-state index contributed by atoms with van der Waals surface area (Å²) in [6, 6.07) is -11.4. The van der Waals surface area contributed by atoms with Crippen LogP contribution in [0, 0.1) is 67.0 Å². The number of hydroxylamine groups is 6. The van der Waals surface area contributed by atoms with Crippen molar-refractivity contribution >= 4 is 119 Å². The van der Waals surface area contributed by atoms with Gasteiger partial charge in [0.15, 0.2) is 0 Å². The van der Waals surface area contributed by atoms with Crippen LogP contribution in [-0.4, -0.2) is 347 Å². The predicted octanol–water partition coefficient (Wildman–Crippen LogP) is -4.07. The molecule has 0 aliphatic carbocycles. The monoisotopic (exact) mass is 2170 g/mol. The second kappa shape index (κ2) is 67.8. The van der Waals surface area contributed by atoms with Gasteiger partial charge in [0, 0.05) is 108 Å². The Balaban J connectivity index is -0.00000287. The molecule has 0 spiro atoms. The third-order valence-electron chi connectivity index (χ3n) is 21.2. The van der Waals surface area contributed by atoms with Crippen molar-refractivity contribution in [3.05, 3.63) is 26.4 Å². The minimum atomic E-state index is -1.74. The third-order valence-corrected chi connectivity index (χ3v) is 21.2. The van der Waals surface area contributed by atoms with Crippen LogP contribution in [0.15, 0.2) is 12.2 Å². The van der Waals surface area contributed by atoms with Crippen LogP contribution in [0.4, 0.5) is 14.4 Å². The molecular formula is C88H147Cs2N17O29. The Morgan fingerprint density at radius 3 is 1.17 bits per heavy atom. The number of hydrogen-bond acceptors (Lipinski definition) is 31. The molecule has 9 N–H and O–H groups in total. The Kier molecular flexibility index (Phi) is 66.1. The summed E-state index contributed by atoms with van der Waals surface area (Å²) in [5.74, 6) is -14.1. The first kappa shape index (κ1) is 133. The molecule has 4 aliphatic rings. The van der Waals surface area contributed by atoms with Crippen molar-refractivity contribution in [2.45, 2.75) is 274 Å². The van der Waals surface area contributed by atoms with E-state index < -0.39 is 210 Å². The number of aliphatic hydroxyl groups excluding tert-OH is 2. The van der Waals surface area contributed by atoms with E-state index in [1.807, 2.05) is 69.2 Å². The summed E-state index contributed by atoms with van der Waals surface area (Å²) in [5, 5.41) is 44.7. The largest absolute Gasteiger partial charge is 1.00 e. The number of nitriles is 1. The summed E-state index contributed by atoms with van der Waals surface area (Å²) >= 11 is 0. The minimum Gasteiger partial charge on any atom is -0.624 e. The van der Waals surface area contributed by atoms with E-state index in [0.717, 1.165) is 14.7 Å². The van der Waals surface area contributed by atoms with Crippen LogP contribution in [0.5, 0.6) is 0 Å². The van der Waals surface area contributed by atoms with Crippen molar-refractivity contribution in [1.82, 2.24) is 76.1 Å². The quantitative estimate of drug-likeness (QED) is 0.0127. The van der Waals surface area contributed by atoms with Gasteiger partial charge in [-0.05, 0) is 108 Å². The summed E-state index contributed by atoms with van der Waals surface area (Å²) in [7, 11) is 15.4. The molecule has 18 amide bonds. The summed E-state index contributed by atoms with van der Waals surface area (Å²) in [6.45, 7) is 33.1. The molecule has 4 heterocycles. The van der Waals surface area contributed by atoms with Gasteiger partial charge in [-0.15, -0.1) is 0 Å². The number of imide groups is 3. The van der Waals surface area contributed by atoms with E-state index >= 15 is 14.4 Å². The first-order valence-electron chi connectivity index (χ1n) is 44.4. The molecule has 0 aromatic carbocycles. The Bertz CT molecular complexity index is 3950. The molecule has 46 nitrogen and oxygen atoms in total. The maximum Gasteiger partial charge on any atom is 1.00 e. The molecule has 0 aromatic rings. The Morgan fingerprint density at radius 1 is 0.456 bits per heavy atom. The Morgan fingerprint density at radius 2 is 0.801 bits per heavy atom. The number of likely N-dealkylation sites (N-methyl/N-ethyl adjacent to an activating group) is 7. The van der Waals surface area contributed by atoms with Crippen LogP contribution in [-0.2, 0) is 115 Å². The van der Waals surface area contributed by atoms with Crippen LogP contribution in [0.3, 0.4) is 0 Å². The average Bonchev–Trinajstić information content (AvgIpc) is 1.34. The number of ether oxygens (including phenoxy) is 4. The number of nitrogens with zero attached hydrogens (tertiary/aromatic N) is 11. The first-order valence-corrected chi connectivity index (χ1v) is 44.4. The normalized spacial score (nSPS) is 22.4. The van der Waals surface area contributed by atoms with Gasteiger partial charge < -0.3 is 95.8 Å². The van der Waals surface area contributed by atoms with E-state index in [1.54, 1.807) is 45.9 Å². The number of rotatable bonds is 27. The summed E-state index contributed by atoms with van der Waals surface area (Å²) in [4.78, 5) is 280. The summed E-state index contributed by atoms with van der Waals surface area (Å²) < 4.78 is 18.1. The van der Waals surface area contributed by atoms with Gasteiger partial charge in [-0.2, -0.15) is 24.3 Å². The predicted molar refractivity (Wildman–Crippen MR) is 480 cm³/mol. The van der Waals surface area contributed by atoms with Crippen molar-refractivity contribution in [3.63, 3.8) is 0 Å². The van der Waals surface area contributed by atoms with Crippen molar-refractivity contribution in [2.75, 3.05) is 95.4 Å². The van der Waals surface area contributed by atoms with Gasteiger partial charge in [0.05, 0.1) is 51.2 Å². The molecular weight excluding hydrogens is 2020 g/mol. The molecule has 4 saturated heterocycles. The number of aliphatic hydroxyl groups is 2. The zero-order valence-corrected chi connectivity index (χ0v) is 96.9. The Hall–Kier alpha value is -7.47. The number of carbonyl (C=O) groups is 20. The van der Waals surface area contributed by atoms with E-state index in [0.29, 0.717) is 44.6 Å². The number of hydrogen-bond donors (Lipinski definition) is 8. The molecule has 0 saturated carbocycles. The molecule has 4 rings (SSSR count). The van der Waals surface area contributed by atoms with E-state index in [1.165, 1.54) is 96.6 Å². The fourth-order valence-corrected chi connectivity index (χ4v) is 13.6. The molecule has 13 atom stereocenters. The van der Waals surface area contributed by atoms with Gasteiger partial charge in [-0.25, -0.2) is 9.59 Å². The molecule has 0 bridgehead atoms. The number of nitrogens with one attached hydrogen (secondary N) is 5. The minimum absolute atomic E-state index is 0. The van der Waals surface area contributed by atoms with Crippen LogP contribution < -0.4 is 170 Å². The maximum atomic E-state index is 15.2. The molecule has 4 fully saturated rings. The van der Waals surface area contributed by atoms with Gasteiger partial charge in [0.2, 0.25) is 65.0 Å². The number of amides is 18. The molecule has 0 aromatic heterocycles. The van der Waals surface area contributed by atoms with Gasteiger partial charge in [0.25, 0.3) is 35.4 Å². The topological polar surface area (TPSA) is 589 Å². The zero-order chi connectivity index (χ0) is 103. The van der Waals surface area contributed by atoms with Gasteiger partial charge in [0.1, 0.15) is 60.4 Å². The van der Waals surface area contributed by atoms with E-state index in [9.17, 15) is 91.7 Å². The number of nitrogens with two attached hydrogens (primary N) is 1. The molecule has 48 heteroatoms. The van der Waals surface area contributed by atoms with Gasteiger partial charge in [-0.1, -0.05) is 117 Å².